The molecule has 5 rings (SSSR count). The first-order chi connectivity index (χ1) is 13.3. The zero-order chi connectivity index (χ0) is 18.2. The molecule has 0 amide bonds. The normalized spacial score (nSPS) is 16.3. The van der Waals surface area contributed by atoms with Crippen LogP contribution >= 0.6 is 11.3 Å². The monoisotopic (exact) mass is 371 g/mol. The van der Waals surface area contributed by atoms with Crippen LogP contribution in [0.2, 0.25) is 0 Å². The third-order valence-electron chi connectivity index (χ3n) is 5.51. The van der Waals surface area contributed by atoms with Gasteiger partial charge in [0.1, 0.15) is 17.0 Å². The molecule has 1 atom stereocenters. The van der Waals surface area contributed by atoms with Crippen molar-refractivity contribution < 1.29 is 0 Å². The number of aryl methyl sites for hydroxylation is 1. The van der Waals surface area contributed by atoms with Crippen molar-refractivity contribution in [1.29, 1.82) is 0 Å². The molecule has 1 aliphatic rings. The molecule has 0 N–H and O–H groups in total. The minimum atomic E-state index is 0.369. The summed E-state index contributed by atoms with van der Waals surface area (Å²) in [6, 6.07) is 22.0. The number of aromatic nitrogens is 2. The van der Waals surface area contributed by atoms with Gasteiger partial charge in [-0.15, -0.1) is 11.3 Å². The Bertz CT molecular complexity index is 1090. The highest BCUT2D eigenvalue weighted by molar-refractivity contribution is 7.21. The molecule has 0 unspecified atom stereocenters. The number of anilines is 1. The number of hydrogen-bond acceptors (Lipinski definition) is 4. The van der Waals surface area contributed by atoms with Crippen LogP contribution in [0.25, 0.3) is 20.7 Å². The summed E-state index contributed by atoms with van der Waals surface area (Å²) < 4.78 is 0. The van der Waals surface area contributed by atoms with Crippen LogP contribution in [0.5, 0.6) is 0 Å². The number of benzene rings is 2. The average Bonchev–Trinajstić information content (AvgIpc) is 3.18. The van der Waals surface area contributed by atoms with Crippen molar-refractivity contribution in [3.63, 3.8) is 0 Å². The van der Waals surface area contributed by atoms with Gasteiger partial charge >= 0.3 is 0 Å². The van der Waals surface area contributed by atoms with Gasteiger partial charge < -0.3 is 4.90 Å². The van der Waals surface area contributed by atoms with Crippen LogP contribution in [0.1, 0.15) is 30.0 Å². The maximum atomic E-state index is 4.68. The van der Waals surface area contributed by atoms with Crippen LogP contribution < -0.4 is 4.90 Å². The summed E-state index contributed by atoms with van der Waals surface area (Å²) in [5.41, 5.74) is 4.15. The van der Waals surface area contributed by atoms with Gasteiger partial charge in [0.2, 0.25) is 0 Å². The molecule has 4 heteroatoms. The highest BCUT2D eigenvalue weighted by Crippen LogP contribution is 2.40. The summed E-state index contributed by atoms with van der Waals surface area (Å²) in [6.07, 6.45) is 5.26. The first kappa shape index (κ1) is 16.5. The average molecular weight is 372 g/mol. The summed E-state index contributed by atoms with van der Waals surface area (Å²) in [4.78, 5) is 13.9. The third kappa shape index (κ3) is 2.90. The third-order valence-corrected chi connectivity index (χ3v) is 6.60. The molecule has 2 heterocycles. The standard InChI is InChI=1S/C23H21N3S/c1-26(20-13-7-11-16-8-5-6-12-18(16)20)22-19-14-21(17-9-3-2-4-10-17)27-23(19)25-15-24-22/h2-6,8-10,12,14-15,20H,7,11,13H2,1H3/t20-/m1/s1. The van der Waals surface area contributed by atoms with Crippen molar-refractivity contribution in [1.82, 2.24) is 9.97 Å². The molecule has 3 nitrogen and oxygen atoms in total. The van der Waals surface area contributed by atoms with E-state index < -0.39 is 0 Å². The van der Waals surface area contributed by atoms with Gasteiger partial charge in [-0.05, 0) is 42.0 Å². The summed E-state index contributed by atoms with van der Waals surface area (Å²) in [6.45, 7) is 0. The van der Waals surface area contributed by atoms with Gasteiger partial charge in [-0.1, -0.05) is 54.6 Å². The Labute approximate surface area is 163 Å². The largest absolute Gasteiger partial charge is 0.352 e. The molecule has 0 aliphatic heterocycles. The van der Waals surface area contributed by atoms with E-state index in [1.165, 1.54) is 34.4 Å². The highest BCUT2D eigenvalue weighted by Gasteiger charge is 2.26. The lowest BCUT2D eigenvalue weighted by atomic mass is 9.87. The van der Waals surface area contributed by atoms with Gasteiger partial charge in [0.25, 0.3) is 0 Å². The molecular formula is C23H21N3S. The van der Waals surface area contributed by atoms with E-state index in [4.69, 9.17) is 0 Å². The summed E-state index contributed by atoms with van der Waals surface area (Å²) in [5.74, 6) is 1.03. The van der Waals surface area contributed by atoms with Crippen molar-refractivity contribution in [3.05, 3.63) is 78.1 Å². The summed E-state index contributed by atoms with van der Waals surface area (Å²) >= 11 is 1.74. The maximum Gasteiger partial charge on any atom is 0.141 e. The summed E-state index contributed by atoms with van der Waals surface area (Å²) in [5, 5.41) is 1.15. The molecule has 134 valence electrons. The number of nitrogens with zero attached hydrogens (tertiary/aromatic N) is 3. The molecule has 0 saturated heterocycles. The number of thiophene rings is 1. The first-order valence-electron chi connectivity index (χ1n) is 9.42. The minimum absolute atomic E-state index is 0.369. The molecule has 4 aromatic rings. The van der Waals surface area contributed by atoms with Crippen molar-refractivity contribution in [2.75, 3.05) is 11.9 Å². The number of fused-ring (bicyclic) bond motifs is 2. The number of hydrogen-bond donors (Lipinski definition) is 0. The fraction of sp³-hybridized carbons (Fsp3) is 0.217. The van der Waals surface area contributed by atoms with Crippen LogP contribution in [0.15, 0.2) is 67.0 Å². The Hall–Kier alpha value is -2.72. The van der Waals surface area contributed by atoms with Crippen LogP contribution in [-0.4, -0.2) is 17.0 Å². The second kappa shape index (κ2) is 6.78. The molecule has 2 aromatic heterocycles. The van der Waals surface area contributed by atoms with Crippen LogP contribution in [-0.2, 0) is 6.42 Å². The summed E-state index contributed by atoms with van der Waals surface area (Å²) in [7, 11) is 2.17. The molecule has 2 aromatic carbocycles. The van der Waals surface area contributed by atoms with Crippen molar-refractivity contribution in [3.8, 4) is 10.4 Å². The van der Waals surface area contributed by atoms with Gasteiger partial charge in [-0.25, -0.2) is 9.97 Å². The Kier molecular flexibility index (Phi) is 4.13. The van der Waals surface area contributed by atoms with Crippen LogP contribution in [0.4, 0.5) is 5.82 Å². The second-order valence-electron chi connectivity index (χ2n) is 7.11. The zero-order valence-corrected chi connectivity index (χ0v) is 16.1. The Morgan fingerprint density at radius 3 is 2.70 bits per heavy atom. The van der Waals surface area contributed by atoms with E-state index in [1.807, 2.05) is 0 Å². The van der Waals surface area contributed by atoms with Gasteiger partial charge in [0.15, 0.2) is 0 Å². The van der Waals surface area contributed by atoms with Crippen molar-refractivity contribution in [2.24, 2.45) is 0 Å². The first-order valence-corrected chi connectivity index (χ1v) is 10.2. The van der Waals surface area contributed by atoms with Gasteiger partial charge in [0, 0.05) is 11.9 Å². The van der Waals surface area contributed by atoms with E-state index in [9.17, 15) is 0 Å². The lowest BCUT2D eigenvalue weighted by molar-refractivity contribution is 0.543. The second-order valence-corrected chi connectivity index (χ2v) is 8.14. The molecule has 27 heavy (non-hydrogen) atoms. The lowest BCUT2D eigenvalue weighted by Gasteiger charge is -2.34. The fourth-order valence-corrected chi connectivity index (χ4v) is 5.15. The van der Waals surface area contributed by atoms with Gasteiger partial charge in [-0.3, -0.25) is 0 Å². The van der Waals surface area contributed by atoms with E-state index in [1.54, 1.807) is 17.7 Å². The maximum absolute atomic E-state index is 4.68. The molecule has 0 bridgehead atoms. The van der Waals surface area contributed by atoms with Crippen molar-refractivity contribution >= 4 is 27.4 Å². The van der Waals surface area contributed by atoms with E-state index in [-0.39, 0.29) is 0 Å². The predicted octanol–water partition coefficient (Wildman–Crippen LogP) is 5.87. The molecule has 0 radical (unpaired) electrons. The highest BCUT2D eigenvalue weighted by atomic mass is 32.1. The van der Waals surface area contributed by atoms with E-state index in [2.05, 4.69) is 82.6 Å². The van der Waals surface area contributed by atoms with E-state index in [0.29, 0.717) is 6.04 Å². The van der Waals surface area contributed by atoms with Gasteiger partial charge in [0.05, 0.1) is 11.4 Å². The Morgan fingerprint density at radius 2 is 1.81 bits per heavy atom. The van der Waals surface area contributed by atoms with E-state index in [0.717, 1.165) is 22.5 Å². The van der Waals surface area contributed by atoms with Gasteiger partial charge in [-0.2, -0.15) is 0 Å². The number of rotatable bonds is 3. The molecule has 0 saturated carbocycles. The molecule has 0 spiro atoms. The fourth-order valence-electron chi connectivity index (χ4n) is 4.15. The predicted molar refractivity (Wildman–Crippen MR) is 113 cm³/mol. The van der Waals surface area contributed by atoms with E-state index >= 15 is 0 Å². The quantitative estimate of drug-likeness (QED) is 0.451. The smallest absolute Gasteiger partial charge is 0.141 e. The molecular weight excluding hydrogens is 350 g/mol. The lowest BCUT2D eigenvalue weighted by Crippen LogP contribution is -2.28. The van der Waals surface area contributed by atoms with Crippen LogP contribution in [0.3, 0.4) is 0 Å². The zero-order valence-electron chi connectivity index (χ0n) is 15.3. The molecule has 0 fully saturated rings. The Morgan fingerprint density at radius 1 is 1.00 bits per heavy atom. The SMILES string of the molecule is CN(c1ncnc2sc(-c3ccccc3)cc12)[C@@H]1CCCc2ccccc21. The minimum Gasteiger partial charge on any atom is -0.352 e. The van der Waals surface area contributed by atoms with Crippen molar-refractivity contribution in [2.45, 2.75) is 25.3 Å². The topological polar surface area (TPSA) is 29.0 Å². The Balaban J connectivity index is 1.58. The molecule has 1 aliphatic carbocycles. The van der Waals surface area contributed by atoms with Crippen LogP contribution in [0, 0.1) is 0 Å².